The zero-order valence-corrected chi connectivity index (χ0v) is 9.91. The maximum atomic E-state index is 11.8. The average molecular weight is 243 g/mol. The van der Waals surface area contributed by atoms with Crippen LogP contribution >= 0.6 is 11.3 Å². The van der Waals surface area contributed by atoms with E-state index in [0.717, 1.165) is 5.56 Å². The number of hydrogen-bond acceptors (Lipinski definition) is 4. The van der Waals surface area contributed by atoms with Crippen molar-refractivity contribution < 1.29 is 4.79 Å². The first-order valence-electron chi connectivity index (χ1n) is 4.92. The van der Waals surface area contributed by atoms with E-state index in [2.05, 4.69) is 16.4 Å². The second-order valence-corrected chi connectivity index (χ2v) is 4.32. The van der Waals surface area contributed by atoms with Gasteiger partial charge in [0, 0.05) is 0 Å². The van der Waals surface area contributed by atoms with Gasteiger partial charge in [0.15, 0.2) is 0 Å². The van der Waals surface area contributed by atoms with Crippen LogP contribution in [-0.2, 0) is 0 Å². The number of nitrogens with zero attached hydrogens (tertiary/aromatic N) is 2. The number of nitriles is 1. The van der Waals surface area contributed by atoms with Gasteiger partial charge in [0.25, 0.3) is 5.91 Å². The summed E-state index contributed by atoms with van der Waals surface area (Å²) in [7, 11) is 0. The first kappa shape index (κ1) is 11.3. The SMILES string of the molecule is Cc1cccc(NC(=O)c2cncs2)c1C#N. The number of aryl methyl sites for hydroxylation is 1. The van der Waals surface area contributed by atoms with Gasteiger partial charge in [-0.3, -0.25) is 9.78 Å². The lowest BCUT2D eigenvalue weighted by Gasteiger charge is -2.07. The molecule has 0 saturated carbocycles. The van der Waals surface area contributed by atoms with Crippen molar-refractivity contribution in [2.24, 2.45) is 0 Å². The third-order valence-corrected chi connectivity index (χ3v) is 3.06. The predicted molar refractivity (Wildman–Crippen MR) is 66.0 cm³/mol. The highest BCUT2D eigenvalue weighted by Gasteiger charge is 2.11. The summed E-state index contributed by atoms with van der Waals surface area (Å²) in [6, 6.07) is 7.44. The molecule has 0 saturated heterocycles. The molecule has 2 aromatic rings. The Hall–Kier alpha value is -2.19. The van der Waals surface area contributed by atoms with E-state index in [-0.39, 0.29) is 5.91 Å². The molecule has 84 valence electrons. The molecule has 2 rings (SSSR count). The van der Waals surface area contributed by atoms with Crippen molar-refractivity contribution in [1.29, 1.82) is 5.26 Å². The normalized spacial score (nSPS) is 9.65. The minimum atomic E-state index is -0.241. The largest absolute Gasteiger partial charge is 0.320 e. The quantitative estimate of drug-likeness (QED) is 0.881. The molecule has 1 N–H and O–H groups in total. The molecule has 0 unspecified atom stereocenters. The Kier molecular flexibility index (Phi) is 3.17. The first-order valence-corrected chi connectivity index (χ1v) is 5.80. The van der Waals surface area contributed by atoms with Gasteiger partial charge in [-0.2, -0.15) is 5.26 Å². The molecule has 0 atom stereocenters. The van der Waals surface area contributed by atoms with Gasteiger partial charge in [-0.25, -0.2) is 0 Å². The van der Waals surface area contributed by atoms with Crippen molar-refractivity contribution in [3.63, 3.8) is 0 Å². The number of carbonyl (C=O) groups excluding carboxylic acids is 1. The van der Waals surface area contributed by atoms with Gasteiger partial charge in [0.2, 0.25) is 0 Å². The van der Waals surface area contributed by atoms with Crippen molar-refractivity contribution in [1.82, 2.24) is 4.98 Å². The molecule has 0 fully saturated rings. The molecule has 1 aromatic heterocycles. The molecule has 1 aromatic carbocycles. The van der Waals surface area contributed by atoms with Gasteiger partial charge in [0.1, 0.15) is 10.9 Å². The molecule has 1 heterocycles. The van der Waals surface area contributed by atoms with E-state index >= 15 is 0 Å². The Balaban J connectivity index is 2.29. The lowest BCUT2D eigenvalue weighted by molar-refractivity contribution is 0.103. The number of rotatable bonds is 2. The lowest BCUT2D eigenvalue weighted by Crippen LogP contribution is -2.11. The summed E-state index contributed by atoms with van der Waals surface area (Å²) >= 11 is 1.26. The molecule has 1 amide bonds. The molecule has 0 radical (unpaired) electrons. The lowest BCUT2D eigenvalue weighted by atomic mass is 10.1. The van der Waals surface area contributed by atoms with E-state index < -0.39 is 0 Å². The molecule has 17 heavy (non-hydrogen) atoms. The highest BCUT2D eigenvalue weighted by molar-refractivity contribution is 7.11. The van der Waals surface area contributed by atoms with Crippen molar-refractivity contribution in [3.8, 4) is 6.07 Å². The fraction of sp³-hybridized carbons (Fsp3) is 0.0833. The number of thiazole rings is 1. The highest BCUT2D eigenvalue weighted by Crippen LogP contribution is 2.19. The van der Waals surface area contributed by atoms with Gasteiger partial charge in [0.05, 0.1) is 23.0 Å². The van der Waals surface area contributed by atoms with Crippen molar-refractivity contribution in [3.05, 3.63) is 45.9 Å². The van der Waals surface area contributed by atoms with Crippen LogP contribution < -0.4 is 5.32 Å². The molecule has 0 aliphatic heterocycles. The minimum absolute atomic E-state index is 0.241. The van der Waals surface area contributed by atoms with E-state index in [1.54, 1.807) is 17.6 Å². The smallest absolute Gasteiger partial charge is 0.267 e. The Labute approximate surface area is 103 Å². The average Bonchev–Trinajstić information content (AvgIpc) is 2.82. The van der Waals surface area contributed by atoms with Gasteiger partial charge in [-0.05, 0) is 18.6 Å². The van der Waals surface area contributed by atoms with E-state index in [1.165, 1.54) is 17.5 Å². The van der Waals surface area contributed by atoms with Gasteiger partial charge in [-0.1, -0.05) is 12.1 Å². The summed E-state index contributed by atoms with van der Waals surface area (Å²) < 4.78 is 0. The third-order valence-electron chi connectivity index (χ3n) is 2.29. The second-order valence-electron chi connectivity index (χ2n) is 3.43. The monoisotopic (exact) mass is 243 g/mol. The Morgan fingerprint density at radius 2 is 2.35 bits per heavy atom. The van der Waals surface area contributed by atoms with Crippen LogP contribution in [0.25, 0.3) is 0 Å². The fourth-order valence-corrected chi connectivity index (χ4v) is 1.95. The third kappa shape index (κ3) is 2.32. The van der Waals surface area contributed by atoms with Crippen molar-refractivity contribution in [2.75, 3.05) is 5.32 Å². The number of hydrogen-bond donors (Lipinski definition) is 1. The van der Waals surface area contributed by atoms with Crippen LogP contribution in [0.4, 0.5) is 5.69 Å². The van der Waals surface area contributed by atoms with Gasteiger partial charge >= 0.3 is 0 Å². The maximum Gasteiger partial charge on any atom is 0.267 e. The first-order chi connectivity index (χ1) is 8.22. The summed E-state index contributed by atoms with van der Waals surface area (Å²) in [5, 5.41) is 11.7. The zero-order chi connectivity index (χ0) is 12.3. The Bertz CT molecular complexity index is 584. The molecule has 0 spiro atoms. The fourth-order valence-electron chi connectivity index (χ4n) is 1.43. The van der Waals surface area contributed by atoms with Gasteiger partial charge in [-0.15, -0.1) is 11.3 Å². The van der Waals surface area contributed by atoms with Crippen LogP contribution in [0.1, 0.15) is 20.8 Å². The summed E-state index contributed by atoms with van der Waals surface area (Å²) in [5.74, 6) is -0.241. The molecule has 0 bridgehead atoms. The predicted octanol–water partition coefficient (Wildman–Crippen LogP) is 2.58. The standard InChI is InChI=1S/C12H9N3OS/c1-8-3-2-4-10(9(8)5-13)15-12(16)11-6-14-7-17-11/h2-4,6-7H,1H3,(H,15,16). The van der Waals surface area contributed by atoms with E-state index in [1.807, 2.05) is 13.0 Å². The minimum Gasteiger partial charge on any atom is -0.320 e. The molecule has 5 heteroatoms. The second kappa shape index (κ2) is 4.76. The molecular formula is C12H9N3OS. The van der Waals surface area contributed by atoms with Crippen molar-refractivity contribution in [2.45, 2.75) is 6.92 Å². The summed E-state index contributed by atoms with van der Waals surface area (Å²) in [6.07, 6.45) is 1.50. The van der Waals surface area contributed by atoms with Gasteiger partial charge < -0.3 is 5.32 Å². The maximum absolute atomic E-state index is 11.8. The zero-order valence-electron chi connectivity index (χ0n) is 9.10. The van der Waals surface area contributed by atoms with Crippen LogP contribution in [0, 0.1) is 18.3 Å². The molecule has 4 nitrogen and oxygen atoms in total. The van der Waals surface area contributed by atoms with Crippen LogP contribution in [0.2, 0.25) is 0 Å². The van der Waals surface area contributed by atoms with Crippen LogP contribution in [0.15, 0.2) is 29.9 Å². The van der Waals surface area contributed by atoms with Crippen LogP contribution in [0.5, 0.6) is 0 Å². The van der Waals surface area contributed by atoms with Crippen molar-refractivity contribution >= 4 is 22.9 Å². The van der Waals surface area contributed by atoms with Crippen LogP contribution in [0.3, 0.4) is 0 Å². The number of carbonyl (C=O) groups is 1. The number of amides is 1. The van der Waals surface area contributed by atoms with E-state index in [0.29, 0.717) is 16.1 Å². The number of nitrogens with one attached hydrogen (secondary N) is 1. The molecule has 0 aliphatic carbocycles. The highest BCUT2D eigenvalue weighted by atomic mass is 32.1. The van der Waals surface area contributed by atoms with Crippen LogP contribution in [-0.4, -0.2) is 10.9 Å². The summed E-state index contributed by atoms with van der Waals surface area (Å²) in [6.45, 7) is 1.83. The Morgan fingerprint density at radius 3 is 3.00 bits per heavy atom. The van der Waals surface area contributed by atoms with E-state index in [4.69, 9.17) is 5.26 Å². The Morgan fingerprint density at radius 1 is 1.53 bits per heavy atom. The summed E-state index contributed by atoms with van der Waals surface area (Å²) in [4.78, 5) is 16.2. The van der Waals surface area contributed by atoms with E-state index in [9.17, 15) is 4.79 Å². The number of benzene rings is 1. The number of aromatic nitrogens is 1. The molecular weight excluding hydrogens is 234 g/mol. The number of anilines is 1. The molecule has 0 aliphatic rings. The summed E-state index contributed by atoms with van der Waals surface area (Å²) in [5.41, 5.74) is 3.46. The topological polar surface area (TPSA) is 65.8 Å².